The lowest BCUT2D eigenvalue weighted by Gasteiger charge is -2.35. The summed E-state index contributed by atoms with van der Waals surface area (Å²) in [6.45, 7) is 6.92. The molecule has 1 aromatic rings. The van der Waals surface area contributed by atoms with Crippen molar-refractivity contribution in [1.82, 2.24) is 9.80 Å². The molecule has 23 heavy (non-hydrogen) atoms. The molecule has 0 aromatic heterocycles. The second-order valence-electron chi connectivity index (χ2n) is 6.32. The van der Waals surface area contributed by atoms with E-state index in [1.165, 1.54) is 0 Å². The molecule has 1 atom stereocenters. The van der Waals surface area contributed by atoms with Gasteiger partial charge in [-0.25, -0.2) is 0 Å². The number of benzene rings is 1. The average Bonchev–Trinajstić information content (AvgIpc) is 2.44. The van der Waals surface area contributed by atoms with Gasteiger partial charge < -0.3 is 15.3 Å². The van der Waals surface area contributed by atoms with Gasteiger partial charge in [0.25, 0.3) is 0 Å². The summed E-state index contributed by atoms with van der Waals surface area (Å²) in [5.74, 6) is -1.20. The Morgan fingerprint density at radius 1 is 1.13 bits per heavy atom. The van der Waals surface area contributed by atoms with E-state index in [-0.39, 0.29) is 12.3 Å². The number of aliphatic carboxylic acids is 1. The van der Waals surface area contributed by atoms with Crippen LogP contribution in [-0.2, 0) is 9.59 Å². The van der Waals surface area contributed by atoms with Gasteiger partial charge in [0.15, 0.2) is 0 Å². The third kappa shape index (κ3) is 5.04. The Labute approximate surface area is 137 Å². The quantitative estimate of drug-likeness (QED) is 0.857. The van der Waals surface area contributed by atoms with E-state index in [1.807, 2.05) is 44.0 Å². The maximum atomic E-state index is 12.2. The number of piperazine rings is 1. The predicted molar refractivity (Wildman–Crippen MR) is 89.7 cm³/mol. The monoisotopic (exact) mass is 319 g/mol. The van der Waals surface area contributed by atoms with Crippen LogP contribution in [0.2, 0.25) is 0 Å². The predicted octanol–water partition coefficient (Wildman–Crippen LogP) is 1.33. The summed E-state index contributed by atoms with van der Waals surface area (Å²) >= 11 is 0. The minimum Gasteiger partial charge on any atom is -0.480 e. The fourth-order valence-electron chi connectivity index (χ4n) is 2.94. The minimum absolute atomic E-state index is 0.0357. The fourth-order valence-corrected chi connectivity index (χ4v) is 2.94. The Bertz CT molecular complexity index is 560. The number of carbonyl (C=O) groups is 2. The Kier molecular flexibility index (Phi) is 5.74. The highest BCUT2D eigenvalue weighted by molar-refractivity contribution is 5.94. The molecule has 126 valence electrons. The minimum atomic E-state index is -0.940. The van der Waals surface area contributed by atoms with Crippen molar-refractivity contribution in [1.29, 1.82) is 0 Å². The Hall–Kier alpha value is -1.92. The summed E-state index contributed by atoms with van der Waals surface area (Å²) in [5.41, 5.74) is 2.85. The van der Waals surface area contributed by atoms with Gasteiger partial charge in [0.2, 0.25) is 5.91 Å². The number of carbonyl (C=O) groups excluding carboxylic acids is 1. The van der Waals surface area contributed by atoms with Gasteiger partial charge in [-0.2, -0.15) is 0 Å². The van der Waals surface area contributed by atoms with Crippen LogP contribution < -0.4 is 5.32 Å². The smallest absolute Gasteiger partial charge is 0.321 e. The van der Waals surface area contributed by atoms with E-state index < -0.39 is 12.0 Å². The Morgan fingerprint density at radius 3 is 2.22 bits per heavy atom. The van der Waals surface area contributed by atoms with Crippen molar-refractivity contribution >= 4 is 17.6 Å². The van der Waals surface area contributed by atoms with E-state index in [2.05, 4.69) is 10.2 Å². The molecule has 0 saturated carbocycles. The summed E-state index contributed by atoms with van der Waals surface area (Å²) in [4.78, 5) is 27.8. The Morgan fingerprint density at radius 2 is 1.70 bits per heavy atom. The van der Waals surface area contributed by atoms with Crippen LogP contribution in [-0.4, -0.2) is 66.1 Å². The molecule has 1 heterocycles. The number of likely N-dealkylation sites (N-methyl/N-ethyl adjacent to an activating group) is 1. The molecule has 0 radical (unpaired) electrons. The van der Waals surface area contributed by atoms with Crippen molar-refractivity contribution in [2.75, 3.05) is 38.5 Å². The van der Waals surface area contributed by atoms with E-state index in [0.29, 0.717) is 13.1 Å². The highest BCUT2D eigenvalue weighted by atomic mass is 16.4. The van der Waals surface area contributed by atoms with E-state index in [1.54, 1.807) is 0 Å². The number of aryl methyl sites for hydroxylation is 2. The van der Waals surface area contributed by atoms with Crippen LogP contribution >= 0.6 is 0 Å². The first kappa shape index (κ1) is 17.4. The SMILES string of the molecule is Cc1cc(C)cc(NC(=O)CC(C(=O)O)N2CCN(C)CC2)c1. The summed E-state index contributed by atoms with van der Waals surface area (Å²) in [5, 5.41) is 12.3. The molecule has 0 aliphatic carbocycles. The zero-order chi connectivity index (χ0) is 17.0. The molecular formula is C17H25N3O3. The van der Waals surface area contributed by atoms with Gasteiger partial charge in [-0.05, 0) is 44.2 Å². The molecule has 1 aliphatic heterocycles. The number of rotatable bonds is 5. The number of anilines is 1. The molecule has 2 N–H and O–H groups in total. The number of carboxylic acid groups (broad SMARTS) is 1. The van der Waals surface area contributed by atoms with Crippen LogP contribution in [0.15, 0.2) is 18.2 Å². The van der Waals surface area contributed by atoms with Gasteiger partial charge in [-0.1, -0.05) is 6.07 Å². The lowest BCUT2D eigenvalue weighted by atomic mass is 10.1. The largest absolute Gasteiger partial charge is 0.480 e. The van der Waals surface area contributed by atoms with Crippen molar-refractivity contribution < 1.29 is 14.7 Å². The zero-order valence-corrected chi connectivity index (χ0v) is 14.0. The molecule has 0 spiro atoms. The molecule has 1 unspecified atom stereocenters. The molecule has 6 heteroatoms. The number of nitrogens with zero attached hydrogens (tertiary/aromatic N) is 2. The van der Waals surface area contributed by atoms with Crippen LogP contribution in [0.5, 0.6) is 0 Å². The van der Waals surface area contributed by atoms with Crippen LogP contribution in [0.3, 0.4) is 0 Å². The van der Waals surface area contributed by atoms with Gasteiger partial charge in [0, 0.05) is 31.9 Å². The molecule has 1 aliphatic rings. The van der Waals surface area contributed by atoms with Crippen molar-refractivity contribution in [3.63, 3.8) is 0 Å². The number of nitrogens with one attached hydrogen (secondary N) is 1. The van der Waals surface area contributed by atoms with Gasteiger partial charge in [-0.15, -0.1) is 0 Å². The number of hydrogen-bond donors (Lipinski definition) is 2. The van der Waals surface area contributed by atoms with Gasteiger partial charge >= 0.3 is 5.97 Å². The van der Waals surface area contributed by atoms with E-state index in [4.69, 9.17) is 0 Å². The maximum absolute atomic E-state index is 12.2. The van der Waals surface area contributed by atoms with Gasteiger partial charge in [-0.3, -0.25) is 14.5 Å². The first-order chi connectivity index (χ1) is 10.8. The third-order valence-corrected chi connectivity index (χ3v) is 4.15. The molecule has 1 fully saturated rings. The maximum Gasteiger partial charge on any atom is 0.321 e. The molecule has 0 bridgehead atoms. The van der Waals surface area contributed by atoms with Gasteiger partial charge in [0.05, 0.1) is 6.42 Å². The Balaban J connectivity index is 1.99. The molecule has 2 rings (SSSR count). The summed E-state index contributed by atoms with van der Waals surface area (Å²) < 4.78 is 0. The summed E-state index contributed by atoms with van der Waals surface area (Å²) in [6.07, 6.45) is -0.0357. The van der Waals surface area contributed by atoms with Crippen LogP contribution in [0.25, 0.3) is 0 Å². The fraction of sp³-hybridized carbons (Fsp3) is 0.529. The summed E-state index contributed by atoms with van der Waals surface area (Å²) in [7, 11) is 2.01. The molecular weight excluding hydrogens is 294 g/mol. The first-order valence-corrected chi connectivity index (χ1v) is 7.88. The number of hydrogen-bond acceptors (Lipinski definition) is 4. The highest BCUT2D eigenvalue weighted by Gasteiger charge is 2.30. The highest BCUT2D eigenvalue weighted by Crippen LogP contribution is 2.15. The lowest BCUT2D eigenvalue weighted by Crippen LogP contribution is -2.52. The number of amides is 1. The normalized spacial score (nSPS) is 17.7. The number of carboxylic acids is 1. The molecule has 1 saturated heterocycles. The standard InChI is InChI=1S/C17H25N3O3/c1-12-8-13(2)10-14(9-12)18-16(21)11-15(17(22)23)20-6-4-19(3)5-7-20/h8-10,15H,4-7,11H2,1-3H3,(H,18,21)(H,22,23). The van der Waals surface area contributed by atoms with E-state index >= 15 is 0 Å². The second kappa shape index (κ2) is 7.57. The van der Waals surface area contributed by atoms with Crippen molar-refractivity contribution in [3.8, 4) is 0 Å². The van der Waals surface area contributed by atoms with Crippen molar-refractivity contribution in [3.05, 3.63) is 29.3 Å². The lowest BCUT2D eigenvalue weighted by molar-refractivity contribution is -0.145. The van der Waals surface area contributed by atoms with Crippen LogP contribution in [0.4, 0.5) is 5.69 Å². The molecule has 1 amide bonds. The van der Waals surface area contributed by atoms with Crippen molar-refractivity contribution in [2.45, 2.75) is 26.3 Å². The molecule has 1 aromatic carbocycles. The first-order valence-electron chi connectivity index (χ1n) is 7.88. The average molecular weight is 319 g/mol. The summed E-state index contributed by atoms with van der Waals surface area (Å²) in [6, 6.07) is 5.03. The third-order valence-electron chi connectivity index (χ3n) is 4.15. The van der Waals surface area contributed by atoms with Crippen molar-refractivity contribution in [2.24, 2.45) is 0 Å². The topological polar surface area (TPSA) is 72.9 Å². The zero-order valence-electron chi connectivity index (χ0n) is 14.0. The second-order valence-corrected chi connectivity index (χ2v) is 6.32. The van der Waals surface area contributed by atoms with E-state index in [0.717, 1.165) is 29.9 Å². The van der Waals surface area contributed by atoms with Crippen LogP contribution in [0, 0.1) is 13.8 Å². The molecule has 6 nitrogen and oxygen atoms in total. The van der Waals surface area contributed by atoms with E-state index in [9.17, 15) is 14.7 Å². The van der Waals surface area contributed by atoms with Crippen LogP contribution in [0.1, 0.15) is 17.5 Å². The van der Waals surface area contributed by atoms with Gasteiger partial charge in [0.1, 0.15) is 6.04 Å².